The van der Waals surface area contributed by atoms with Crippen molar-refractivity contribution in [3.63, 3.8) is 0 Å². The second kappa shape index (κ2) is 5.72. The molecule has 18 heavy (non-hydrogen) atoms. The predicted molar refractivity (Wildman–Crippen MR) is 78.0 cm³/mol. The number of nitrogens with zero attached hydrogens (tertiary/aromatic N) is 1. The first-order valence-corrected chi connectivity index (χ1v) is 8.27. The summed E-state index contributed by atoms with van der Waals surface area (Å²) in [5, 5.41) is 2.28. The number of nitrogens with two attached hydrogens (primary N) is 1. The van der Waals surface area contributed by atoms with Gasteiger partial charge in [-0.3, -0.25) is 4.90 Å². The van der Waals surface area contributed by atoms with Gasteiger partial charge in [0.2, 0.25) is 0 Å². The van der Waals surface area contributed by atoms with Gasteiger partial charge in [0.15, 0.2) is 0 Å². The van der Waals surface area contributed by atoms with Crippen LogP contribution in [0.2, 0.25) is 0 Å². The molecule has 0 aromatic carbocycles. The number of hydrogen-bond acceptors (Lipinski definition) is 3. The van der Waals surface area contributed by atoms with Gasteiger partial charge in [-0.15, -0.1) is 11.3 Å². The van der Waals surface area contributed by atoms with Gasteiger partial charge in [0.25, 0.3) is 0 Å². The van der Waals surface area contributed by atoms with Crippen LogP contribution in [0.1, 0.15) is 48.6 Å². The van der Waals surface area contributed by atoms with Crippen molar-refractivity contribution in [1.82, 2.24) is 4.90 Å². The Balaban J connectivity index is 1.64. The minimum Gasteiger partial charge on any atom is -0.330 e. The van der Waals surface area contributed by atoms with Crippen LogP contribution >= 0.6 is 11.3 Å². The molecule has 2 heterocycles. The van der Waals surface area contributed by atoms with Gasteiger partial charge in [0.05, 0.1) is 0 Å². The third-order valence-corrected chi connectivity index (χ3v) is 5.68. The summed E-state index contributed by atoms with van der Waals surface area (Å²) < 4.78 is 0. The second-order valence-corrected chi connectivity index (χ2v) is 6.76. The molecule has 2 nitrogen and oxygen atoms in total. The summed E-state index contributed by atoms with van der Waals surface area (Å²) in [4.78, 5) is 4.38. The van der Waals surface area contributed by atoms with E-state index in [0.29, 0.717) is 0 Å². The van der Waals surface area contributed by atoms with E-state index in [2.05, 4.69) is 16.3 Å². The molecule has 3 heteroatoms. The summed E-state index contributed by atoms with van der Waals surface area (Å²) in [6.45, 7) is 3.43. The Bertz CT molecular complexity index is 380. The third kappa shape index (κ3) is 2.49. The van der Waals surface area contributed by atoms with E-state index in [9.17, 15) is 0 Å². The van der Waals surface area contributed by atoms with Crippen LogP contribution in [0, 0.1) is 5.92 Å². The quantitative estimate of drug-likeness (QED) is 0.908. The molecule has 1 aromatic rings. The van der Waals surface area contributed by atoms with Crippen molar-refractivity contribution in [2.75, 3.05) is 19.6 Å². The van der Waals surface area contributed by atoms with Crippen LogP contribution in [-0.2, 0) is 6.42 Å². The number of thiophene rings is 1. The molecule has 0 bridgehead atoms. The lowest BCUT2D eigenvalue weighted by Gasteiger charge is -2.39. The molecule has 1 saturated heterocycles. The van der Waals surface area contributed by atoms with E-state index in [0.717, 1.165) is 18.5 Å². The Morgan fingerprint density at radius 2 is 2.11 bits per heavy atom. The third-order valence-electron chi connectivity index (χ3n) is 4.69. The van der Waals surface area contributed by atoms with Gasteiger partial charge >= 0.3 is 0 Å². The van der Waals surface area contributed by atoms with E-state index in [4.69, 9.17) is 5.73 Å². The van der Waals surface area contributed by atoms with Crippen molar-refractivity contribution < 1.29 is 0 Å². The van der Waals surface area contributed by atoms with Crippen molar-refractivity contribution in [3.05, 3.63) is 21.9 Å². The number of fused-ring (bicyclic) bond motifs is 1. The average molecular weight is 264 g/mol. The number of likely N-dealkylation sites (tertiary alicyclic amines) is 1. The smallest absolute Gasteiger partial charge is 0.0359 e. The average Bonchev–Trinajstić information content (AvgIpc) is 2.88. The largest absolute Gasteiger partial charge is 0.330 e. The fourth-order valence-electron chi connectivity index (χ4n) is 3.63. The fraction of sp³-hybridized carbons (Fsp3) is 0.733. The van der Waals surface area contributed by atoms with Gasteiger partial charge in [-0.25, -0.2) is 0 Å². The van der Waals surface area contributed by atoms with Gasteiger partial charge in [-0.05, 0) is 81.1 Å². The van der Waals surface area contributed by atoms with Crippen LogP contribution in [0.15, 0.2) is 11.4 Å². The van der Waals surface area contributed by atoms with Crippen molar-refractivity contribution >= 4 is 11.3 Å². The summed E-state index contributed by atoms with van der Waals surface area (Å²) in [5.41, 5.74) is 7.32. The summed E-state index contributed by atoms with van der Waals surface area (Å²) in [5.74, 6) is 0.886. The maximum Gasteiger partial charge on any atom is 0.0359 e. The first-order valence-electron chi connectivity index (χ1n) is 7.39. The monoisotopic (exact) mass is 264 g/mol. The molecule has 1 aliphatic carbocycles. The maximum absolute atomic E-state index is 5.67. The van der Waals surface area contributed by atoms with E-state index in [1.165, 1.54) is 51.6 Å². The zero-order valence-electron chi connectivity index (χ0n) is 11.1. The SMILES string of the molecule is NCCC1CCN(C2CCCc3sccc32)CC1. The molecule has 3 rings (SSSR count). The van der Waals surface area contributed by atoms with Crippen LogP contribution in [-0.4, -0.2) is 24.5 Å². The van der Waals surface area contributed by atoms with Gasteiger partial charge in [0.1, 0.15) is 0 Å². The number of piperidine rings is 1. The minimum atomic E-state index is 0.721. The summed E-state index contributed by atoms with van der Waals surface area (Å²) >= 11 is 1.96. The zero-order chi connectivity index (χ0) is 12.4. The highest BCUT2D eigenvalue weighted by Crippen LogP contribution is 2.38. The highest BCUT2D eigenvalue weighted by atomic mass is 32.1. The highest BCUT2D eigenvalue weighted by molar-refractivity contribution is 7.10. The molecule has 1 atom stereocenters. The molecule has 0 radical (unpaired) electrons. The van der Waals surface area contributed by atoms with E-state index in [-0.39, 0.29) is 0 Å². The molecule has 1 aliphatic heterocycles. The predicted octanol–water partition coefficient (Wildman–Crippen LogP) is 3.19. The number of aryl methyl sites for hydroxylation is 1. The Kier molecular flexibility index (Phi) is 4.02. The van der Waals surface area contributed by atoms with Gasteiger partial charge < -0.3 is 5.73 Å². The molecule has 0 amide bonds. The molecule has 100 valence electrons. The van der Waals surface area contributed by atoms with Crippen molar-refractivity contribution in [2.24, 2.45) is 11.7 Å². The van der Waals surface area contributed by atoms with Crippen LogP contribution in [0.5, 0.6) is 0 Å². The highest BCUT2D eigenvalue weighted by Gasteiger charge is 2.29. The van der Waals surface area contributed by atoms with E-state index in [1.54, 1.807) is 10.4 Å². The van der Waals surface area contributed by atoms with Crippen LogP contribution in [0.25, 0.3) is 0 Å². The van der Waals surface area contributed by atoms with Gasteiger partial charge in [0, 0.05) is 10.9 Å². The molecular formula is C15H24N2S. The molecule has 0 saturated carbocycles. The molecule has 1 fully saturated rings. The topological polar surface area (TPSA) is 29.3 Å². The first kappa shape index (κ1) is 12.6. The standard InChI is InChI=1S/C15H24N2S/c16-8-4-12-5-9-17(10-6-12)14-2-1-3-15-13(14)7-11-18-15/h7,11-12,14H,1-6,8-10,16H2. The molecular weight excluding hydrogens is 240 g/mol. The fourth-order valence-corrected chi connectivity index (χ4v) is 4.61. The van der Waals surface area contributed by atoms with Crippen LogP contribution < -0.4 is 5.73 Å². The van der Waals surface area contributed by atoms with Crippen LogP contribution in [0.4, 0.5) is 0 Å². The number of rotatable bonds is 3. The Hall–Kier alpha value is -0.380. The molecule has 1 unspecified atom stereocenters. The van der Waals surface area contributed by atoms with E-state index < -0.39 is 0 Å². The Morgan fingerprint density at radius 3 is 2.89 bits per heavy atom. The normalized spacial score (nSPS) is 26.2. The minimum absolute atomic E-state index is 0.721. The summed E-state index contributed by atoms with van der Waals surface area (Å²) in [6, 6.07) is 3.09. The van der Waals surface area contributed by atoms with Gasteiger partial charge in [-0.1, -0.05) is 0 Å². The van der Waals surface area contributed by atoms with E-state index in [1.807, 2.05) is 11.3 Å². The zero-order valence-corrected chi connectivity index (χ0v) is 11.9. The number of hydrogen-bond donors (Lipinski definition) is 1. The lowest BCUT2D eigenvalue weighted by molar-refractivity contribution is 0.119. The first-order chi connectivity index (χ1) is 8.88. The Labute approximate surface area is 114 Å². The molecule has 2 N–H and O–H groups in total. The van der Waals surface area contributed by atoms with Crippen molar-refractivity contribution in [1.29, 1.82) is 0 Å². The Morgan fingerprint density at radius 1 is 1.28 bits per heavy atom. The lowest BCUT2D eigenvalue weighted by Crippen LogP contribution is -2.38. The van der Waals surface area contributed by atoms with E-state index >= 15 is 0 Å². The summed E-state index contributed by atoms with van der Waals surface area (Å²) in [7, 11) is 0. The van der Waals surface area contributed by atoms with Gasteiger partial charge in [-0.2, -0.15) is 0 Å². The molecule has 0 spiro atoms. The molecule has 2 aliphatic rings. The van der Waals surface area contributed by atoms with Crippen LogP contribution in [0.3, 0.4) is 0 Å². The lowest BCUT2D eigenvalue weighted by atomic mass is 9.88. The molecule has 1 aromatic heterocycles. The maximum atomic E-state index is 5.67. The summed E-state index contributed by atoms with van der Waals surface area (Å²) in [6.07, 6.45) is 7.99. The van der Waals surface area contributed by atoms with Crippen molar-refractivity contribution in [3.8, 4) is 0 Å². The van der Waals surface area contributed by atoms with Crippen molar-refractivity contribution in [2.45, 2.75) is 44.6 Å². The second-order valence-electron chi connectivity index (χ2n) is 5.76.